The number of hydrogen-bond donors (Lipinski definition) is 0. The van der Waals surface area contributed by atoms with Crippen LogP contribution in [0.5, 0.6) is 5.75 Å². The monoisotopic (exact) mass is 373 g/mol. The number of carbonyl (C=O) groups is 1. The maximum Gasteiger partial charge on any atom is 0.253 e. The van der Waals surface area contributed by atoms with Crippen LogP contribution in [-0.2, 0) is 0 Å². The largest absolute Gasteiger partial charge is 0.497 e. The van der Waals surface area contributed by atoms with Crippen molar-refractivity contribution in [1.82, 2.24) is 14.9 Å². The summed E-state index contributed by atoms with van der Waals surface area (Å²) >= 11 is 0. The Morgan fingerprint density at radius 2 is 1.89 bits per heavy atom. The van der Waals surface area contributed by atoms with Gasteiger partial charge in [0.25, 0.3) is 5.91 Å². The highest BCUT2D eigenvalue weighted by molar-refractivity contribution is 5.94. The van der Waals surface area contributed by atoms with Gasteiger partial charge in [-0.1, -0.05) is 30.3 Å². The van der Waals surface area contributed by atoms with E-state index in [4.69, 9.17) is 4.74 Å². The summed E-state index contributed by atoms with van der Waals surface area (Å²) in [5.41, 5.74) is 3.52. The van der Waals surface area contributed by atoms with Gasteiger partial charge in [-0.25, -0.2) is 0 Å². The van der Waals surface area contributed by atoms with E-state index < -0.39 is 0 Å². The number of carbonyl (C=O) groups excluding carboxylic acids is 1. The second-order valence-electron chi connectivity index (χ2n) is 6.98. The molecule has 2 aromatic carbocycles. The van der Waals surface area contributed by atoms with Crippen molar-refractivity contribution in [1.29, 1.82) is 0 Å². The maximum absolute atomic E-state index is 12.9. The summed E-state index contributed by atoms with van der Waals surface area (Å²) in [6.07, 6.45) is 5.40. The standard InChI is InChI=1S/C23H23N3O2/c1-28-20-11-5-9-18(15-20)21-22(25-13-12-24-21)19-10-6-14-26(16-19)23(27)17-7-3-2-4-8-17/h2-5,7-9,11-13,15,19H,6,10,14,16H2,1H3/t19-/m1/s1. The predicted molar refractivity (Wildman–Crippen MR) is 108 cm³/mol. The zero-order valence-electron chi connectivity index (χ0n) is 15.9. The van der Waals surface area contributed by atoms with E-state index in [1.54, 1.807) is 19.5 Å². The first kappa shape index (κ1) is 18.2. The van der Waals surface area contributed by atoms with Crippen LogP contribution >= 0.6 is 0 Å². The van der Waals surface area contributed by atoms with Crippen molar-refractivity contribution >= 4 is 5.91 Å². The minimum Gasteiger partial charge on any atom is -0.497 e. The Balaban J connectivity index is 1.62. The summed E-state index contributed by atoms with van der Waals surface area (Å²) in [5.74, 6) is 1.03. The van der Waals surface area contributed by atoms with Crippen LogP contribution in [0.2, 0.25) is 0 Å². The lowest BCUT2D eigenvalue weighted by Gasteiger charge is -2.33. The van der Waals surface area contributed by atoms with Crippen molar-refractivity contribution < 1.29 is 9.53 Å². The SMILES string of the molecule is COc1cccc(-c2nccnc2[C@@H]2CCCN(C(=O)c3ccccc3)C2)c1. The van der Waals surface area contributed by atoms with Gasteiger partial charge in [0, 0.05) is 42.5 Å². The first-order valence-corrected chi connectivity index (χ1v) is 9.56. The highest BCUT2D eigenvalue weighted by Gasteiger charge is 2.28. The molecule has 1 amide bonds. The summed E-state index contributed by atoms with van der Waals surface area (Å²) < 4.78 is 5.36. The summed E-state index contributed by atoms with van der Waals surface area (Å²) in [5, 5.41) is 0. The molecule has 0 bridgehead atoms. The molecule has 28 heavy (non-hydrogen) atoms. The minimum absolute atomic E-state index is 0.0807. The number of nitrogens with zero attached hydrogens (tertiary/aromatic N) is 3. The highest BCUT2D eigenvalue weighted by atomic mass is 16.5. The molecule has 142 valence electrons. The van der Waals surface area contributed by atoms with E-state index in [9.17, 15) is 4.79 Å². The molecule has 0 saturated carbocycles. The molecular weight excluding hydrogens is 350 g/mol. The number of piperidine rings is 1. The van der Waals surface area contributed by atoms with E-state index in [0.29, 0.717) is 6.54 Å². The summed E-state index contributed by atoms with van der Waals surface area (Å²) in [6, 6.07) is 17.3. The number of ether oxygens (including phenoxy) is 1. The fourth-order valence-electron chi connectivity index (χ4n) is 3.79. The van der Waals surface area contributed by atoms with Crippen molar-refractivity contribution in [2.24, 2.45) is 0 Å². The number of hydrogen-bond acceptors (Lipinski definition) is 4. The van der Waals surface area contributed by atoms with Gasteiger partial charge in [0.05, 0.1) is 18.5 Å². The molecular formula is C23H23N3O2. The Hall–Kier alpha value is -3.21. The predicted octanol–water partition coefficient (Wildman–Crippen LogP) is 4.17. The van der Waals surface area contributed by atoms with Crippen LogP contribution in [0.15, 0.2) is 67.0 Å². The third kappa shape index (κ3) is 3.74. The molecule has 5 nitrogen and oxygen atoms in total. The van der Waals surface area contributed by atoms with Crippen LogP contribution in [-0.4, -0.2) is 41.0 Å². The Kier molecular flexibility index (Phi) is 5.33. The van der Waals surface area contributed by atoms with Crippen molar-refractivity contribution in [2.45, 2.75) is 18.8 Å². The van der Waals surface area contributed by atoms with Crippen molar-refractivity contribution in [3.8, 4) is 17.0 Å². The first-order valence-electron chi connectivity index (χ1n) is 9.56. The smallest absolute Gasteiger partial charge is 0.253 e. The van der Waals surface area contributed by atoms with Crippen molar-refractivity contribution in [2.75, 3.05) is 20.2 Å². The molecule has 5 heteroatoms. The molecule has 0 spiro atoms. The molecule has 1 atom stereocenters. The topological polar surface area (TPSA) is 55.3 Å². The Morgan fingerprint density at radius 3 is 2.71 bits per heavy atom. The second kappa shape index (κ2) is 8.21. The van der Waals surface area contributed by atoms with Gasteiger partial charge in [-0.2, -0.15) is 0 Å². The van der Waals surface area contributed by atoms with E-state index in [1.807, 2.05) is 59.5 Å². The second-order valence-corrected chi connectivity index (χ2v) is 6.98. The quantitative estimate of drug-likeness (QED) is 0.689. The number of methoxy groups -OCH3 is 1. The zero-order chi connectivity index (χ0) is 19.3. The number of benzene rings is 2. The zero-order valence-corrected chi connectivity index (χ0v) is 15.9. The number of rotatable bonds is 4. The molecule has 2 heterocycles. The Morgan fingerprint density at radius 1 is 1.07 bits per heavy atom. The lowest BCUT2D eigenvalue weighted by atomic mass is 9.91. The molecule has 1 aromatic heterocycles. The van der Waals surface area contributed by atoms with Gasteiger partial charge in [0.2, 0.25) is 0 Å². The third-order valence-electron chi connectivity index (χ3n) is 5.19. The van der Waals surface area contributed by atoms with Crippen LogP contribution in [0.25, 0.3) is 11.3 Å². The molecule has 4 rings (SSSR count). The van der Waals surface area contributed by atoms with Crippen LogP contribution in [0.4, 0.5) is 0 Å². The van der Waals surface area contributed by atoms with Crippen LogP contribution < -0.4 is 4.74 Å². The number of aromatic nitrogens is 2. The maximum atomic E-state index is 12.9. The lowest BCUT2D eigenvalue weighted by molar-refractivity contribution is 0.0706. The first-order chi connectivity index (χ1) is 13.8. The van der Waals surface area contributed by atoms with E-state index in [-0.39, 0.29) is 11.8 Å². The van der Waals surface area contributed by atoms with Gasteiger partial charge < -0.3 is 9.64 Å². The summed E-state index contributed by atoms with van der Waals surface area (Å²) in [6.45, 7) is 1.43. The van der Waals surface area contributed by atoms with Crippen LogP contribution in [0.1, 0.15) is 34.8 Å². The van der Waals surface area contributed by atoms with E-state index in [0.717, 1.165) is 47.7 Å². The van der Waals surface area contributed by atoms with Gasteiger partial charge in [-0.05, 0) is 37.1 Å². The van der Waals surface area contributed by atoms with Gasteiger partial charge >= 0.3 is 0 Å². The van der Waals surface area contributed by atoms with Gasteiger partial charge in [-0.3, -0.25) is 14.8 Å². The third-order valence-corrected chi connectivity index (χ3v) is 5.19. The molecule has 0 radical (unpaired) electrons. The van der Waals surface area contributed by atoms with Crippen molar-refractivity contribution in [3.63, 3.8) is 0 Å². The molecule has 0 N–H and O–H groups in total. The summed E-state index contributed by atoms with van der Waals surface area (Å²) in [4.78, 5) is 24.1. The molecule has 1 saturated heterocycles. The van der Waals surface area contributed by atoms with Crippen LogP contribution in [0, 0.1) is 0 Å². The number of likely N-dealkylation sites (tertiary alicyclic amines) is 1. The van der Waals surface area contributed by atoms with Gasteiger partial charge in [-0.15, -0.1) is 0 Å². The normalized spacial score (nSPS) is 16.6. The Bertz CT molecular complexity index is 959. The van der Waals surface area contributed by atoms with Crippen LogP contribution in [0.3, 0.4) is 0 Å². The molecule has 0 aliphatic carbocycles. The molecule has 0 unspecified atom stereocenters. The molecule has 3 aromatic rings. The summed E-state index contributed by atoms with van der Waals surface area (Å²) in [7, 11) is 1.66. The van der Waals surface area contributed by atoms with Crippen molar-refractivity contribution in [3.05, 3.63) is 78.2 Å². The van der Waals surface area contributed by atoms with E-state index >= 15 is 0 Å². The lowest BCUT2D eigenvalue weighted by Crippen LogP contribution is -2.39. The average Bonchev–Trinajstić information content (AvgIpc) is 2.79. The number of amides is 1. The molecule has 1 aliphatic rings. The average molecular weight is 373 g/mol. The van der Waals surface area contributed by atoms with E-state index in [2.05, 4.69) is 9.97 Å². The van der Waals surface area contributed by atoms with E-state index in [1.165, 1.54) is 0 Å². The molecule has 1 aliphatic heterocycles. The Labute approximate surface area is 165 Å². The molecule has 1 fully saturated rings. The van der Waals surface area contributed by atoms with Gasteiger partial charge in [0.15, 0.2) is 0 Å². The van der Waals surface area contributed by atoms with Gasteiger partial charge in [0.1, 0.15) is 5.75 Å². The highest BCUT2D eigenvalue weighted by Crippen LogP contribution is 2.33. The fourth-order valence-corrected chi connectivity index (χ4v) is 3.79. The fraction of sp³-hybridized carbons (Fsp3) is 0.261. The minimum atomic E-state index is 0.0807.